The first-order valence-corrected chi connectivity index (χ1v) is 14.4. The summed E-state index contributed by atoms with van der Waals surface area (Å²) in [7, 11) is -1.68. The fourth-order valence-electron chi connectivity index (χ4n) is 3.82. The maximum absolute atomic E-state index is 15.7. The maximum atomic E-state index is 15.7. The van der Waals surface area contributed by atoms with Gasteiger partial charge in [0.15, 0.2) is 17.5 Å². The summed E-state index contributed by atoms with van der Waals surface area (Å²) in [5, 5.41) is 0.128. The second kappa shape index (κ2) is 15.3. The van der Waals surface area contributed by atoms with Gasteiger partial charge in [-0.05, 0) is 34.1 Å². The largest absolute Gasteiger partial charge is 0.378 e. The van der Waals surface area contributed by atoms with Crippen molar-refractivity contribution in [2.24, 2.45) is 0 Å². The van der Waals surface area contributed by atoms with Gasteiger partial charge in [0.25, 0.3) is 14.1 Å². The number of rotatable bonds is 15. The molecule has 36 heavy (non-hydrogen) atoms. The summed E-state index contributed by atoms with van der Waals surface area (Å²) in [6.45, 7) is 12.7. The number of alkyl halides is 1. The molecule has 1 aromatic rings. The minimum Gasteiger partial charge on any atom is -0.378 e. The van der Waals surface area contributed by atoms with E-state index in [1.54, 1.807) is 0 Å². The second-order valence-electron chi connectivity index (χ2n) is 8.83. The lowest BCUT2D eigenvalue weighted by atomic mass is 10.1. The molecule has 0 bridgehead atoms. The van der Waals surface area contributed by atoms with E-state index >= 15 is 4.39 Å². The lowest BCUT2D eigenvalue weighted by molar-refractivity contribution is -0.110. The van der Waals surface area contributed by atoms with E-state index in [4.69, 9.17) is 18.5 Å². The van der Waals surface area contributed by atoms with Crippen LogP contribution in [0.25, 0.3) is 0 Å². The van der Waals surface area contributed by atoms with E-state index in [0.717, 1.165) is 10.6 Å². The molecule has 5 atom stereocenters. The Bertz CT molecular complexity index is 923. The molecule has 1 fully saturated rings. The summed E-state index contributed by atoms with van der Waals surface area (Å²) in [6.07, 6.45) is -2.27. The highest BCUT2D eigenvalue weighted by Gasteiger charge is 2.49. The minimum atomic E-state index is -1.68. The zero-order valence-corrected chi connectivity index (χ0v) is 23.6. The molecule has 2 unspecified atom stereocenters. The molecular weight excluding hydrogens is 512 g/mol. The van der Waals surface area contributed by atoms with Crippen molar-refractivity contribution in [3.63, 3.8) is 0 Å². The van der Waals surface area contributed by atoms with Crippen LogP contribution in [0.3, 0.4) is 0 Å². The predicted octanol–water partition coefficient (Wildman–Crippen LogP) is 3.62. The number of halogens is 1. The van der Waals surface area contributed by atoms with Crippen LogP contribution in [0.2, 0.25) is 0 Å². The Hall–Kier alpha value is -1.14. The van der Waals surface area contributed by atoms with Crippen LogP contribution in [-0.2, 0) is 23.3 Å². The fraction of sp³-hybridized carbons (Fsp3) is 0.783. The van der Waals surface area contributed by atoms with Crippen molar-refractivity contribution in [3.8, 4) is 0 Å². The number of nitrogens with one attached hydrogen (secondary N) is 1. The summed E-state index contributed by atoms with van der Waals surface area (Å²) in [6, 6.07) is 1.27. The summed E-state index contributed by atoms with van der Waals surface area (Å²) in [5.74, 6) is 0.578. The van der Waals surface area contributed by atoms with Crippen molar-refractivity contribution in [1.29, 1.82) is 0 Å². The molecule has 2 rings (SSSR count). The Kier molecular flexibility index (Phi) is 13.2. The molecule has 1 aliphatic rings. The molecule has 1 aliphatic heterocycles. The first-order chi connectivity index (χ1) is 17.1. The summed E-state index contributed by atoms with van der Waals surface area (Å²) >= 11 is 1.24. The number of H-pyrrole nitrogens is 1. The zero-order valence-electron chi connectivity index (χ0n) is 21.8. The van der Waals surface area contributed by atoms with E-state index in [1.165, 1.54) is 18.0 Å². The number of hydrogen-bond acceptors (Lipinski definition) is 9. The van der Waals surface area contributed by atoms with E-state index in [2.05, 4.69) is 4.98 Å². The van der Waals surface area contributed by atoms with Gasteiger partial charge in [-0.3, -0.25) is 19.1 Å². The molecule has 0 radical (unpaired) electrons. The van der Waals surface area contributed by atoms with Crippen LogP contribution < -0.4 is 11.2 Å². The van der Waals surface area contributed by atoms with Gasteiger partial charge in [-0.15, -0.1) is 0 Å². The van der Waals surface area contributed by atoms with Crippen LogP contribution in [0.1, 0.15) is 60.6 Å². The quantitative estimate of drug-likeness (QED) is 0.258. The number of carbonyl (C=O) groups excluding carboxylic acids is 1. The molecule has 2 heterocycles. The number of hydrogen-bond donors (Lipinski definition) is 1. The van der Waals surface area contributed by atoms with Crippen molar-refractivity contribution >= 4 is 25.4 Å². The second-order valence-corrected chi connectivity index (χ2v) is 11.4. The molecule has 0 saturated carbocycles. The van der Waals surface area contributed by atoms with Crippen LogP contribution in [0.15, 0.2) is 21.9 Å². The van der Waals surface area contributed by atoms with Crippen LogP contribution in [0, 0.1) is 0 Å². The van der Waals surface area contributed by atoms with Gasteiger partial charge in [-0.25, -0.2) is 13.9 Å². The fourth-order valence-corrected chi connectivity index (χ4v) is 6.20. The standard InChI is InChI=1S/C23H39FN3O7PS/c1-7-17-21(20(24)22(33-17)26-10-9-18(28)25-23(26)30)34-35(27(15(3)4)16(5)6)32-12-11-31-13-14-36-19(29)8-2/h9-10,15-17,20-22H,7-8,11-14H2,1-6H3,(H,25,28,30)/t17-,20+,21?,22-,35?/m1/s1. The third-order valence-corrected chi connectivity index (χ3v) is 8.57. The minimum absolute atomic E-state index is 0.0616. The third kappa shape index (κ3) is 8.72. The summed E-state index contributed by atoms with van der Waals surface area (Å²) < 4.78 is 42.6. The van der Waals surface area contributed by atoms with E-state index in [0.29, 0.717) is 31.8 Å². The van der Waals surface area contributed by atoms with Gasteiger partial charge in [0.2, 0.25) is 0 Å². The Balaban J connectivity index is 2.09. The molecule has 0 aromatic carbocycles. The highest BCUT2D eigenvalue weighted by molar-refractivity contribution is 8.13. The van der Waals surface area contributed by atoms with Crippen molar-refractivity contribution in [2.75, 3.05) is 25.6 Å². The highest BCUT2D eigenvalue weighted by atomic mass is 32.2. The lowest BCUT2D eigenvalue weighted by Crippen LogP contribution is -2.39. The van der Waals surface area contributed by atoms with Gasteiger partial charge in [-0.2, -0.15) is 0 Å². The number of carbonyl (C=O) groups is 1. The molecule has 0 aliphatic carbocycles. The number of ether oxygens (including phenoxy) is 2. The Morgan fingerprint density at radius 2 is 1.92 bits per heavy atom. The van der Waals surface area contributed by atoms with Gasteiger partial charge in [0.1, 0.15) is 6.10 Å². The molecular formula is C23H39FN3O7PS. The van der Waals surface area contributed by atoms with Crippen LogP contribution in [-0.4, -0.2) is 75.4 Å². The Morgan fingerprint density at radius 3 is 2.50 bits per heavy atom. The van der Waals surface area contributed by atoms with Crippen molar-refractivity contribution in [3.05, 3.63) is 33.1 Å². The van der Waals surface area contributed by atoms with Gasteiger partial charge in [0, 0.05) is 36.5 Å². The van der Waals surface area contributed by atoms with E-state index in [9.17, 15) is 14.4 Å². The zero-order chi connectivity index (χ0) is 26.8. The normalized spacial score (nSPS) is 23.2. The third-order valence-electron chi connectivity index (χ3n) is 5.46. The van der Waals surface area contributed by atoms with Crippen LogP contribution in [0.5, 0.6) is 0 Å². The molecule has 0 spiro atoms. The Labute approximate surface area is 217 Å². The highest BCUT2D eigenvalue weighted by Crippen LogP contribution is 2.50. The van der Waals surface area contributed by atoms with E-state index in [1.807, 2.05) is 46.2 Å². The maximum Gasteiger partial charge on any atom is 0.330 e. The van der Waals surface area contributed by atoms with Crippen molar-refractivity contribution in [1.82, 2.24) is 14.2 Å². The van der Waals surface area contributed by atoms with Gasteiger partial charge in [-0.1, -0.05) is 25.6 Å². The lowest BCUT2D eigenvalue weighted by Gasteiger charge is -2.37. The number of aromatic nitrogens is 2. The molecule has 0 amide bonds. The topological polar surface area (TPSA) is 112 Å². The molecule has 13 heteroatoms. The number of nitrogens with zero attached hydrogens (tertiary/aromatic N) is 2. The molecule has 1 aromatic heterocycles. The monoisotopic (exact) mass is 551 g/mol. The number of aromatic amines is 1. The smallest absolute Gasteiger partial charge is 0.330 e. The number of thioether (sulfide) groups is 1. The summed E-state index contributed by atoms with van der Waals surface area (Å²) in [4.78, 5) is 37.2. The van der Waals surface area contributed by atoms with Gasteiger partial charge in [0.05, 0.1) is 25.9 Å². The SMILES string of the molecule is CCC(=O)SCCOCCOP(OC1[C@@H](CC)O[C@@H](n2ccc(=O)[nH]c2=O)[C@H]1F)N(C(C)C)C(C)C. The molecule has 206 valence electrons. The average Bonchev–Trinajstić information content (AvgIpc) is 3.12. The van der Waals surface area contributed by atoms with Crippen LogP contribution >= 0.6 is 20.3 Å². The summed E-state index contributed by atoms with van der Waals surface area (Å²) in [5.41, 5.74) is -1.31. The first-order valence-electron chi connectivity index (χ1n) is 12.3. The molecule has 1 saturated heterocycles. The first kappa shape index (κ1) is 31.1. The molecule has 10 nitrogen and oxygen atoms in total. The van der Waals surface area contributed by atoms with Crippen molar-refractivity contribution in [2.45, 2.75) is 91.1 Å². The van der Waals surface area contributed by atoms with Gasteiger partial charge >= 0.3 is 5.69 Å². The van der Waals surface area contributed by atoms with E-state index in [-0.39, 0.29) is 23.8 Å². The van der Waals surface area contributed by atoms with E-state index < -0.39 is 44.4 Å². The van der Waals surface area contributed by atoms with Crippen LogP contribution in [0.4, 0.5) is 4.39 Å². The molecule has 1 N–H and O–H groups in total. The Morgan fingerprint density at radius 1 is 1.22 bits per heavy atom. The average molecular weight is 552 g/mol. The van der Waals surface area contributed by atoms with Crippen molar-refractivity contribution < 1.29 is 27.7 Å². The van der Waals surface area contributed by atoms with Gasteiger partial charge < -0.3 is 18.5 Å². The predicted molar refractivity (Wildman–Crippen MR) is 139 cm³/mol.